The molecule has 1 saturated carbocycles. The Labute approximate surface area is 365 Å². The Hall–Kier alpha value is -6.22. The molecule has 8 atom stereocenters. The first-order valence-corrected chi connectivity index (χ1v) is 22.0. The quantitative estimate of drug-likeness (QED) is 0.102. The lowest BCUT2D eigenvalue weighted by Crippen LogP contribution is -2.52. The Bertz CT molecular complexity index is 2760. The van der Waals surface area contributed by atoms with Crippen LogP contribution in [0.5, 0.6) is 0 Å². The summed E-state index contributed by atoms with van der Waals surface area (Å²) in [6.07, 6.45) is 0.230. The van der Waals surface area contributed by atoms with Crippen LogP contribution >= 0.6 is 0 Å². The number of likely N-dealkylation sites (tertiary alicyclic amines) is 2. The van der Waals surface area contributed by atoms with Crippen LogP contribution in [-0.4, -0.2) is 106 Å². The van der Waals surface area contributed by atoms with E-state index in [-0.39, 0.29) is 47.7 Å². The summed E-state index contributed by atoms with van der Waals surface area (Å²) in [5.74, 6) is 1.80. The first kappa shape index (κ1) is 42.1. The van der Waals surface area contributed by atoms with Gasteiger partial charge < -0.3 is 44.6 Å². The number of nitrogens with one attached hydrogen (secondary N) is 4. The second-order valence-corrected chi connectivity index (χ2v) is 18.3. The minimum Gasteiger partial charge on any atom is -0.453 e. The standard InChI is InChI=1S/C48H56N8O7/c1-23(2)38(53-47(59)62-7)45(57)55-21-26(22-61-6)17-36(55)43-49-34-15-11-29-18-27(9-13-31(29)40(34)51-43)28-10-14-32-30(19-28)12-16-35-41(32)52-44(50-35)37-20-33-25(5)42(33)56(37)46(58)39(24(3)4)54-48(60)63-8/h9-16,18-19,23-26,33,36-39,42H,17,20-22H2,1-8H3,(H,49,51)(H,50,52)(H,53,59)(H,54,60)/t25-,26+,33?,36+,37+,38+,39?,42?/m1/s1. The number of ether oxygens (including phenoxy) is 3. The highest BCUT2D eigenvalue weighted by atomic mass is 16.5. The molecule has 3 aliphatic rings. The molecule has 2 aliphatic heterocycles. The van der Waals surface area contributed by atoms with Gasteiger partial charge in [-0.25, -0.2) is 19.6 Å². The van der Waals surface area contributed by atoms with E-state index in [9.17, 15) is 19.2 Å². The molecule has 15 heteroatoms. The van der Waals surface area contributed by atoms with E-state index < -0.39 is 24.3 Å². The molecule has 4 aromatic carbocycles. The summed E-state index contributed by atoms with van der Waals surface area (Å²) in [6, 6.07) is 19.2. The molecule has 4 N–H and O–H groups in total. The maximum absolute atomic E-state index is 14.1. The normalized spacial score (nSPS) is 22.9. The smallest absolute Gasteiger partial charge is 0.407 e. The number of alkyl carbamates (subject to hydrolysis) is 2. The van der Waals surface area contributed by atoms with E-state index in [1.807, 2.05) is 43.6 Å². The van der Waals surface area contributed by atoms with Crippen molar-refractivity contribution in [3.8, 4) is 11.1 Å². The highest BCUT2D eigenvalue weighted by Gasteiger charge is 2.61. The summed E-state index contributed by atoms with van der Waals surface area (Å²) in [6.45, 7) is 10.8. The number of piperidine rings is 1. The van der Waals surface area contributed by atoms with Gasteiger partial charge in [0.15, 0.2) is 0 Å². The van der Waals surface area contributed by atoms with Crippen LogP contribution in [0.4, 0.5) is 9.59 Å². The molecule has 4 amide bonds. The van der Waals surface area contributed by atoms with Crippen LogP contribution in [0.15, 0.2) is 60.7 Å². The molecule has 15 nitrogen and oxygen atoms in total. The number of aromatic amines is 2. The van der Waals surface area contributed by atoms with Crippen molar-refractivity contribution in [2.45, 2.75) is 77.7 Å². The summed E-state index contributed by atoms with van der Waals surface area (Å²) >= 11 is 0. The molecule has 6 aromatic rings. The molecule has 2 aromatic heterocycles. The van der Waals surface area contributed by atoms with E-state index in [1.165, 1.54) is 14.2 Å². The lowest BCUT2D eigenvalue weighted by molar-refractivity contribution is -0.137. The fourth-order valence-corrected chi connectivity index (χ4v) is 10.3. The van der Waals surface area contributed by atoms with E-state index in [4.69, 9.17) is 24.2 Å². The van der Waals surface area contributed by atoms with Gasteiger partial charge in [-0.3, -0.25) is 9.59 Å². The van der Waals surface area contributed by atoms with Crippen molar-refractivity contribution in [3.63, 3.8) is 0 Å². The van der Waals surface area contributed by atoms with E-state index in [1.54, 1.807) is 7.11 Å². The van der Waals surface area contributed by atoms with E-state index >= 15 is 0 Å². The fourth-order valence-electron chi connectivity index (χ4n) is 10.3. The Kier molecular flexibility index (Phi) is 11.0. The second-order valence-electron chi connectivity index (χ2n) is 18.3. The SMILES string of the molecule is COC[C@H]1C[C@@H](c2nc3c(ccc4cc(-c5ccc6c(ccc7[nH]c([C@@H]8CC9C([C@@H]9C)N8C(=O)C(NC(=O)OC)C(C)C)nc76)c5)ccc43)[nH]2)N(C(=O)[C@@H](NC(=O)OC)C(C)C)C1. The van der Waals surface area contributed by atoms with Crippen molar-refractivity contribution in [3.05, 3.63) is 72.3 Å². The van der Waals surface area contributed by atoms with Crippen LogP contribution in [0.3, 0.4) is 0 Å². The molecule has 0 radical (unpaired) electrons. The molecule has 1 aliphatic carbocycles. The van der Waals surface area contributed by atoms with Gasteiger partial charge in [0.25, 0.3) is 0 Å². The van der Waals surface area contributed by atoms with Gasteiger partial charge in [0, 0.05) is 36.4 Å². The highest BCUT2D eigenvalue weighted by molar-refractivity contribution is 6.07. The summed E-state index contributed by atoms with van der Waals surface area (Å²) < 4.78 is 15.2. The minimum absolute atomic E-state index is 0.106. The molecule has 4 heterocycles. The van der Waals surface area contributed by atoms with Gasteiger partial charge in [-0.05, 0) is 82.7 Å². The number of amides is 4. The Morgan fingerprint density at radius 3 is 1.75 bits per heavy atom. The number of carbonyl (C=O) groups excluding carboxylic acids is 4. The summed E-state index contributed by atoms with van der Waals surface area (Å²) in [5.41, 5.74) is 5.59. The molecular weight excluding hydrogens is 801 g/mol. The monoisotopic (exact) mass is 856 g/mol. The molecule has 3 unspecified atom stereocenters. The predicted octanol–water partition coefficient (Wildman–Crippen LogP) is 7.62. The van der Waals surface area contributed by atoms with Crippen molar-refractivity contribution in [2.75, 3.05) is 34.5 Å². The summed E-state index contributed by atoms with van der Waals surface area (Å²) in [7, 11) is 4.26. The summed E-state index contributed by atoms with van der Waals surface area (Å²) in [5, 5.41) is 9.60. The number of nitrogens with zero attached hydrogens (tertiary/aromatic N) is 4. The minimum atomic E-state index is -0.751. The van der Waals surface area contributed by atoms with Crippen molar-refractivity contribution in [2.24, 2.45) is 29.6 Å². The number of fused-ring (bicyclic) bond motifs is 7. The lowest BCUT2D eigenvalue weighted by atomic mass is 9.98. The summed E-state index contributed by atoms with van der Waals surface area (Å²) in [4.78, 5) is 73.7. The average molecular weight is 857 g/mol. The number of methoxy groups -OCH3 is 3. The number of rotatable bonds is 11. The third-order valence-corrected chi connectivity index (χ3v) is 13.7. The molecule has 9 rings (SSSR count). The van der Waals surface area contributed by atoms with E-state index in [0.717, 1.165) is 67.0 Å². The molecule has 3 fully saturated rings. The zero-order chi connectivity index (χ0) is 44.4. The second kappa shape index (κ2) is 16.5. The molecular formula is C48H56N8O7. The number of aromatic nitrogens is 4. The van der Waals surface area contributed by atoms with Crippen molar-refractivity contribution >= 4 is 67.6 Å². The number of carbonyl (C=O) groups is 4. The van der Waals surface area contributed by atoms with Crippen LogP contribution in [-0.2, 0) is 23.8 Å². The Morgan fingerprint density at radius 1 is 0.714 bits per heavy atom. The molecule has 2 saturated heterocycles. The number of hydrogen-bond acceptors (Lipinski definition) is 9. The predicted molar refractivity (Wildman–Crippen MR) is 240 cm³/mol. The number of imidazole rings is 2. The first-order chi connectivity index (χ1) is 30.3. The van der Waals surface area contributed by atoms with Crippen molar-refractivity contribution < 1.29 is 33.4 Å². The van der Waals surface area contributed by atoms with Gasteiger partial charge in [0.2, 0.25) is 11.8 Å². The van der Waals surface area contributed by atoms with Crippen LogP contribution in [0.25, 0.3) is 54.7 Å². The topological polar surface area (TPSA) is 184 Å². The number of benzene rings is 4. The van der Waals surface area contributed by atoms with E-state index in [0.29, 0.717) is 37.2 Å². The van der Waals surface area contributed by atoms with Crippen LogP contribution < -0.4 is 10.6 Å². The fraction of sp³-hybridized carbons (Fsp3) is 0.458. The van der Waals surface area contributed by atoms with Gasteiger partial charge in [-0.15, -0.1) is 0 Å². The van der Waals surface area contributed by atoms with Gasteiger partial charge in [-0.1, -0.05) is 71.0 Å². The van der Waals surface area contributed by atoms with E-state index in [2.05, 4.69) is 82.1 Å². The average Bonchev–Trinajstić information content (AvgIpc) is 3.88. The first-order valence-electron chi connectivity index (χ1n) is 22.0. The highest BCUT2D eigenvalue weighted by Crippen LogP contribution is 2.57. The maximum atomic E-state index is 14.1. The zero-order valence-electron chi connectivity index (χ0n) is 37.0. The van der Waals surface area contributed by atoms with Gasteiger partial charge in [0.1, 0.15) is 23.7 Å². The van der Waals surface area contributed by atoms with Gasteiger partial charge >= 0.3 is 12.2 Å². The molecule has 63 heavy (non-hydrogen) atoms. The van der Waals surface area contributed by atoms with Crippen LogP contribution in [0.2, 0.25) is 0 Å². The van der Waals surface area contributed by atoms with Gasteiger partial charge in [-0.2, -0.15) is 0 Å². The molecule has 0 spiro atoms. The largest absolute Gasteiger partial charge is 0.453 e. The van der Waals surface area contributed by atoms with Crippen LogP contribution in [0, 0.1) is 29.6 Å². The zero-order valence-corrected chi connectivity index (χ0v) is 37.0. The Balaban J connectivity index is 0.991. The molecule has 0 bridgehead atoms. The van der Waals surface area contributed by atoms with Crippen LogP contribution in [0.1, 0.15) is 71.2 Å². The number of hydrogen-bond donors (Lipinski definition) is 4. The number of H-pyrrole nitrogens is 2. The lowest BCUT2D eigenvalue weighted by Gasteiger charge is -2.32. The van der Waals surface area contributed by atoms with Crippen molar-refractivity contribution in [1.82, 2.24) is 40.4 Å². The third kappa shape index (κ3) is 7.49. The third-order valence-electron chi connectivity index (χ3n) is 13.7. The molecule has 330 valence electrons. The van der Waals surface area contributed by atoms with Crippen molar-refractivity contribution in [1.29, 1.82) is 0 Å². The Morgan fingerprint density at radius 2 is 1.24 bits per heavy atom. The van der Waals surface area contributed by atoms with Gasteiger partial charge in [0.05, 0.1) is 55.0 Å². The maximum Gasteiger partial charge on any atom is 0.407 e.